The van der Waals surface area contributed by atoms with Crippen LogP contribution in [0.3, 0.4) is 0 Å². The third kappa shape index (κ3) is 4.36. The predicted octanol–water partition coefficient (Wildman–Crippen LogP) is 2.52. The fourth-order valence-corrected chi connectivity index (χ4v) is 3.28. The Morgan fingerprint density at radius 2 is 1.96 bits per heavy atom. The normalized spacial score (nSPS) is 22.2. The maximum Gasteiger partial charge on any atom is 0.125 e. The Hall–Kier alpha value is -1.78. The molecular weight excluding hydrogens is 286 g/mol. The standard InChI is InChI=1S/C19H25N3O/c1-14-3-5-16(6-4-14)11-17-8-10-22(13-19(17)23)12-18-7-9-20-15(2)21-18/h3-7,9,17,19,23H,8,10-13H2,1-2H3/t17-,19+/m1/s1. The van der Waals surface area contributed by atoms with E-state index in [9.17, 15) is 5.11 Å². The van der Waals surface area contributed by atoms with Gasteiger partial charge in [-0.3, -0.25) is 4.90 Å². The van der Waals surface area contributed by atoms with Gasteiger partial charge in [-0.2, -0.15) is 0 Å². The topological polar surface area (TPSA) is 49.2 Å². The number of aromatic nitrogens is 2. The molecule has 0 radical (unpaired) electrons. The Bertz CT molecular complexity index is 641. The van der Waals surface area contributed by atoms with Crippen LogP contribution in [-0.4, -0.2) is 39.2 Å². The molecule has 122 valence electrons. The molecule has 1 saturated heterocycles. The van der Waals surface area contributed by atoms with Gasteiger partial charge < -0.3 is 5.11 Å². The molecule has 23 heavy (non-hydrogen) atoms. The number of hydrogen-bond donors (Lipinski definition) is 1. The highest BCUT2D eigenvalue weighted by Crippen LogP contribution is 2.23. The number of rotatable bonds is 4. The monoisotopic (exact) mass is 311 g/mol. The maximum atomic E-state index is 10.5. The van der Waals surface area contributed by atoms with E-state index in [2.05, 4.69) is 46.1 Å². The maximum absolute atomic E-state index is 10.5. The minimum Gasteiger partial charge on any atom is -0.391 e. The molecule has 2 aromatic rings. The quantitative estimate of drug-likeness (QED) is 0.942. The molecule has 1 aliphatic heterocycles. The second-order valence-corrected chi connectivity index (χ2v) is 6.64. The van der Waals surface area contributed by atoms with Crippen molar-refractivity contribution in [2.75, 3.05) is 13.1 Å². The minimum atomic E-state index is -0.270. The Kier molecular flexibility index (Phi) is 5.03. The summed E-state index contributed by atoms with van der Waals surface area (Å²) in [5.41, 5.74) is 3.63. The molecule has 2 atom stereocenters. The molecule has 0 bridgehead atoms. The van der Waals surface area contributed by atoms with Crippen LogP contribution in [-0.2, 0) is 13.0 Å². The lowest BCUT2D eigenvalue weighted by Gasteiger charge is -2.36. The molecule has 0 aliphatic carbocycles. The van der Waals surface area contributed by atoms with Crippen LogP contribution in [0, 0.1) is 19.8 Å². The molecule has 1 aliphatic rings. The van der Waals surface area contributed by atoms with E-state index in [1.54, 1.807) is 6.20 Å². The van der Waals surface area contributed by atoms with Gasteiger partial charge in [0.15, 0.2) is 0 Å². The van der Waals surface area contributed by atoms with E-state index >= 15 is 0 Å². The summed E-state index contributed by atoms with van der Waals surface area (Å²) in [6.45, 7) is 6.53. The number of aliphatic hydroxyl groups is 1. The van der Waals surface area contributed by atoms with Gasteiger partial charge in [0.05, 0.1) is 11.8 Å². The van der Waals surface area contributed by atoms with Crippen LogP contribution in [0.25, 0.3) is 0 Å². The molecule has 1 aromatic carbocycles. The zero-order chi connectivity index (χ0) is 16.2. The van der Waals surface area contributed by atoms with Gasteiger partial charge in [-0.25, -0.2) is 9.97 Å². The van der Waals surface area contributed by atoms with Gasteiger partial charge in [-0.05, 0) is 50.8 Å². The van der Waals surface area contributed by atoms with Crippen molar-refractivity contribution in [3.05, 3.63) is 59.2 Å². The summed E-state index contributed by atoms with van der Waals surface area (Å²) >= 11 is 0. The van der Waals surface area contributed by atoms with Crippen molar-refractivity contribution in [1.82, 2.24) is 14.9 Å². The van der Waals surface area contributed by atoms with E-state index in [0.29, 0.717) is 5.92 Å². The predicted molar refractivity (Wildman–Crippen MR) is 91.0 cm³/mol. The number of nitrogens with zero attached hydrogens (tertiary/aromatic N) is 3. The van der Waals surface area contributed by atoms with Crippen LogP contribution in [0.4, 0.5) is 0 Å². The van der Waals surface area contributed by atoms with Gasteiger partial charge in [0.25, 0.3) is 0 Å². The van der Waals surface area contributed by atoms with E-state index in [-0.39, 0.29) is 6.10 Å². The molecule has 4 nitrogen and oxygen atoms in total. The zero-order valence-electron chi connectivity index (χ0n) is 13.9. The molecule has 0 amide bonds. The average molecular weight is 311 g/mol. The average Bonchev–Trinajstić information content (AvgIpc) is 2.52. The van der Waals surface area contributed by atoms with Gasteiger partial charge in [0.2, 0.25) is 0 Å². The molecular formula is C19H25N3O. The minimum absolute atomic E-state index is 0.270. The van der Waals surface area contributed by atoms with E-state index in [1.807, 2.05) is 13.0 Å². The van der Waals surface area contributed by atoms with E-state index in [4.69, 9.17) is 0 Å². The number of benzene rings is 1. The number of likely N-dealkylation sites (tertiary alicyclic amines) is 1. The van der Waals surface area contributed by atoms with Gasteiger partial charge in [0, 0.05) is 19.3 Å². The molecule has 4 heteroatoms. The third-order valence-electron chi connectivity index (χ3n) is 4.64. The Morgan fingerprint density at radius 1 is 1.17 bits per heavy atom. The van der Waals surface area contributed by atoms with Crippen molar-refractivity contribution in [3.8, 4) is 0 Å². The van der Waals surface area contributed by atoms with Crippen LogP contribution in [0.2, 0.25) is 0 Å². The van der Waals surface area contributed by atoms with E-state index < -0.39 is 0 Å². The Balaban J connectivity index is 1.55. The molecule has 0 spiro atoms. The first-order valence-corrected chi connectivity index (χ1v) is 8.34. The van der Waals surface area contributed by atoms with Gasteiger partial charge in [-0.1, -0.05) is 29.8 Å². The first kappa shape index (κ1) is 16.1. The second-order valence-electron chi connectivity index (χ2n) is 6.64. The first-order valence-electron chi connectivity index (χ1n) is 8.34. The number of piperidine rings is 1. The van der Waals surface area contributed by atoms with Crippen molar-refractivity contribution >= 4 is 0 Å². The van der Waals surface area contributed by atoms with Gasteiger partial charge >= 0.3 is 0 Å². The lowest BCUT2D eigenvalue weighted by Crippen LogP contribution is -2.44. The van der Waals surface area contributed by atoms with Crippen molar-refractivity contribution in [2.24, 2.45) is 5.92 Å². The van der Waals surface area contributed by atoms with Crippen molar-refractivity contribution < 1.29 is 5.11 Å². The molecule has 2 heterocycles. The molecule has 0 unspecified atom stereocenters. The van der Waals surface area contributed by atoms with E-state index in [1.165, 1.54) is 11.1 Å². The van der Waals surface area contributed by atoms with Gasteiger partial charge in [-0.15, -0.1) is 0 Å². The van der Waals surface area contributed by atoms with Crippen molar-refractivity contribution in [3.63, 3.8) is 0 Å². The number of aryl methyl sites for hydroxylation is 2. The summed E-state index contributed by atoms with van der Waals surface area (Å²) < 4.78 is 0. The summed E-state index contributed by atoms with van der Waals surface area (Å²) in [6.07, 6.45) is 3.52. The molecule has 3 rings (SSSR count). The number of β-amino-alcohol motifs (C(OH)–C–C–N with tert-alkyl or cyclic N) is 1. The molecule has 1 fully saturated rings. The smallest absolute Gasteiger partial charge is 0.125 e. The van der Waals surface area contributed by atoms with E-state index in [0.717, 1.165) is 44.0 Å². The second kappa shape index (κ2) is 7.20. The Morgan fingerprint density at radius 3 is 2.65 bits per heavy atom. The summed E-state index contributed by atoms with van der Waals surface area (Å²) in [5.74, 6) is 1.15. The third-order valence-corrected chi connectivity index (χ3v) is 4.64. The molecule has 0 saturated carbocycles. The molecule has 1 N–H and O–H groups in total. The molecule has 1 aromatic heterocycles. The van der Waals surface area contributed by atoms with Gasteiger partial charge in [0.1, 0.15) is 5.82 Å². The summed E-state index contributed by atoms with van der Waals surface area (Å²) in [4.78, 5) is 10.9. The number of hydrogen-bond acceptors (Lipinski definition) is 4. The van der Waals surface area contributed by atoms with Crippen LogP contribution in [0.1, 0.15) is 29.1 Å². The highest BCUT2D eigenvalue weighted by Gasteiger charge is 2.27. The summed E-state index contributed by atoms with van der Waals surface area (Å²) in [7, 11) is 0. The fraction of sp³-hybridized carbons (Fsp3) is 0.474. The summed E-state index contributed by atoms with van der Waals surface area (Å²) in [6, 6.07) is 10.6. The lowest BCUT2D eigenvalue weighted by molar-refractivity contribution is 0.0183. The lowest BCUT2D eigenvalue weighted by atomic mass is 9.87. The highest BCUT2D eigenvalue weighted by molar-refractivity contribution is 5.22. The Labute approximate surface area is 138 Å². The van der Waals surface area contributed by atoms with Crippen molar-refractivity contribution in [1.29, 1.82) is 0 Å². The van der Waals surface area contributed by atoms with Crippen LogP contribution < -0.4 is 0 Å². The number of aliphatic hydroxyl groups excluding tert-OH is 1. The summed E-state index contributed by atoms with van der Waals surface area (Å²) in [5, 5.41) is 10.5. The van der Waals surface area contributed by atoms with Crippen LogP contribution in [0.15, 0.2) is 36.5 Å². The van der Waals surface area contributed by atoms with Crippen LogP contribution in [0.5, 0.6) is 0 Å². The SMILES string of the molecule is Cc1ccc(C[C@H]2CCN(Cc3ccnc(C)n3)C[C@@H]2O)cc1. The largest absolute Gasteiger partial charge is 0.391 e. The zero-order valence-corrected chi connectivity index (χ0v) is 13.9. The van der Waals surface area contributed by atoms with Crippen LogP contribution >= 0.6 is 0 Å². The fourth-order valence-electron chi connectivity index (χ4n) is 3.28. The highest BCUT2D eigenvalue weighted by atomic mass is 16.3. The van der Waals surface area contributed by atoms with Crippen molar-refractivity contribution in [2.45, 2.75) is 39.3 Å². The first-order chi connectivity index (χ1) is 11.1.